The lowest BCUT2D eigenvalue weighted by Gasteiger charge is -2.06. The highest BCUT2D eigenvalue weighted by Crippen LogP contribution is 2.26. The number of fused-ring (bicyclic) bond motifs is 1. The number of methoxy groups -OCH3 is 1. The summed E-state index contributed by atoms with van der Waals surface area (Å²) >= 11 is 5.34. The summed E-state index contributed by atoms with van der Waals surface area (Å²) in [6.45, 7) is 0. The number of ether oxygens (including phenoxy) is 2. The molecule has 2 aromatic heterocycles. The van der Waals surface area contributed by atoms with Gasteiger partial charge in [0.05, 0.1) is 23.7 Å². The number of amides is 1. The topological polar surface area (TPSA) is 118 Å². The fourth-order valence-electron chi connectivity index (χ4n) is 2.84. The average Bonchev–Trinajstić information content (AvgIpc) is 3.20. The fourth-order valence-corrected chi connectivity index (χ4v) is 2.94. The van der Waals surface area contributed by atoms with Crippen LogP contribution in [-0.4, -0.2) is 33.9 Å². The second-order valence-corrected chi connectivity index (χ2v) is 6.55. The quantitative estimate of drug-likeness (QED) is 0.306. The molecule has 0 saturated carbocycles. The summed E-state index contributed by atoms with van der Waals surface area (Å²) in [4.78, 5) is 36.7. The zero-order valence-corrected chi connectivity index (χ0v) is 16.9. The molecule has 0 aliphatic carbocycles. The smallest absolute Gasteiger partial charge is 0.337 e. The fraction of sp³-hybridized carbons (Fsp3) is 0.0476. The molecule has 156 valence electrons. The molecule has 4 aromatic rings. The highest BCUT2D eigenvalue weighted by molar-refractivity contribution is 6.23. The molecular formula is C21H16ClN5O4. The predicted molar refractivity (Wildman–Crippen MR) is 115 cm³/mol. The number of hydrogen-bond donors (Lipinski definition) is 3. The molecule has 10 heteroatoms. The normalized spacial score (nSPS) is 10.5. The Morgan fingerprint density at radius 1 is 1.03 bits per heavy atom. The minimum atomic E-state index is -0.522. The van der Waals surface area contributed by atoms with Crippen LogP contribution in [0.1, 0.15) is 20.8 Å². The van der Waals surface area contributed by atoms with Crippen molar-refractivity contribution in [1.82, 2.24) is 19.8 Å². The van der Waals surface area contributed by atoms with Gasteiger partial charge < -0.3 is 19.8 Å². The largest absolute Gasteiger partial charge is 0.465 e. The van der Waals surface area contributed by atoms with E-state index in [-0.39, 0.29) is 5.69 Å². The molecule has 9 nitrogen and oxygen atoms in total. The molecule has 0 saturated heterocycles. The standard InChI is InChI=1S/C21H16ClN5O4/c1-30-20(29)12-2-4-13(5-3-12)24-21-25-16-7-6-14(10-17(16)26-21)31-15-8-9-23-18(11-15)19(28)27-22/h2-11H,1H3,(H,27,28)(H2,24,25,26). The first-order valence-corrected chi connectivity index (χ1v) is 9.43. The third-order valence-corrected chi connectivity index (χ3v) is 4.48. The molecule has 0 fully saturated rings. The highest BCUT2D eigenvalue weighted by Gasteiger charge is 2.10. The Balaban J connectivity index is 1.51. The first-order valence-electron chi connectivity index (χ1n) is 9.06. The lowest BCUT2D eigenvalue weighted by Crippen LogP contribution is -2.13. The first-order chi connectivity index (χ1) is 15.1. The van der Waals surface area contributed by atoms with Gasteiger partial charge in [-0.2, -0.15) is 0 Å². The molecule has 1 amide bonds. The number of rotatable bonds is 6. The Kier molecular flexibility index (Phi) is 5.67. The molecule has 31 heavy (non-hydrogen) atoms. The summed E-state index contributed by atoms with van der Waals surface area (Å²) in [5.41, 5.74) is 2.84. The SMILES string of the molecule is COC(=O)c1ccc(Nc2nc3ccc(Oc4ccnc(C(=O)NCl)c4)cc3[nH]2)cc1. The number of esters is 1. The maximum absolute atomic E-state index is 11.6. The van der Waals surface area contributed by atoms with Crippen LogP contribution in [0.4, 0.5) is 11.6 Å². The van der Waals surface area contributed by atoms with Crippen LogP contribution in [0.25, 0.3) is 11.0 Å². The van der Waals surface area contributed by atoms with E-state index in [2.05, 4.69) is 20.3 Å². The number of aromatic nitrogens is 3. The van der Waals surface area contributed by atoms with E-state index >= 15 is 0 Å². The first kappa shape index (κ1) is 20.2. The van der Waals surface area contributed by atoms with Gasteiger partial charge in [0.2, 0.25) is 5.95 Å². The third-order valence-electron chi connectivity index (χ3n) is 4.31. The van der Waals surface area contributed by atoms with Gasteiger partial charge in [-0.3, -0.25) is 14.6 Å². The number of benzene rings is 2. The molecular weight excluding hydrogens is 422 g/mol. The molecule has 4 rings (SSSR count). The Hall–Kier alpha value is -4.11. The van der Waals surface area contributed by atoms with Crippen LogP contribution < -0.4 is 14.9 Å². The van der Waals surface area contributed by atoms with Crippen molar-refractivity contribution in [2.24, 2.45) is 0 Å². The number of hydrogen-bond acceptors (Lipinski definition) is 7. The van der Waals surface area contributed by atoms with Gasteiger partial charge in [-0.05, 0) is 42.5 Å². The van der Waals surface area contributed by atoms with E-state index in [1.807, 2.05) is 4.84 Å². The molecule has 0 atom stereocenters. The summed E-state index contributed by atoms with van der Waals surface area (Å²) in [6.07, 6.45) is 1.46. The number of H-pyrrole nitrogens is 1. The lowest BCUT2D eigenvalue weighted by molar-refractivity contribution is 0.0600. The van der Waals surface area contributed by atoms with Gasteiger partial charge in [0.25, 0.3) is 5.91 Å². The van der Waals surface area contributed by atoms with E-state index in [4.69, 9.17) is 21.3 Å². The number of halogens is 1. The Morgan fingerprint density at radius 2 is 1.81 bits per heavy atom. The van der Waals surface area contributed by atoms with Gasteiger partial charge >= 0.3 is 5.97 Å². The van der Waals surface area contributed by atoms with Crippen LogP contribution in [0.3, 0.4) is 0 Å². The van der Waals surface area contributed by atoms with E-state index in [1.54, 1.807) is 48.5 Å². The summed E-state index contributed by atoms with van der Waals surface area (Å²) in [6, 6.07) is 15.3. The minimum Gasteiger partial charge on any atom is -0.465 e. The van der Waals surface area contributed by atoms with E-state index in [1.165, 1.54) is 19.4 Å². The summed E-state index contributed by atoms with van der Waals surface area (Å²) < 4.78 is 10.5. The van der Waals surface area contributed by atoms with Crippen molar-refractivity contribution in [3.8, 4) is 11.5 Å². The van der Waals surface area contributed by atoms with Crippen molar-refractivity contribution in [3.63, 3.8) is 0 Å². The number of carbonyl (C=O) groups excluding carboxylic acids is 2. The number of carbonyl (C=O) groups is 2. The molecule has 0 bridgehead atoms. The van der Waals surface area contributed by atoms with Crippen LogP contribution >= 0.6 is 11.8 Å². The van der Waals surface area contributed by atoms with Crippen LogP contribution in [-0.2, 0) is 4.74 Å². The van der Waals surface area contributed by atoms with Gasteiger partial charge in [-0.25, -0.2) is 9.78 Å². The second kappa shape index (κ2) is 8.72. The number of nitrogens with zero attached hydrogens (tertiary/aromatic N) is 2. The number of aromatic amines is 1. The molecule has 0 spiro atoms. The van der Waals surface area contributed by atoms with Crippen LogP contribution in [0.2, 0.25) is 0 Å². The summed E-state index contributed by atoms with van der Waals surface area (Å²) in [5, 5.41) is 3.15. The van der Waals surface area contributed by atoms with Gasteiger partial charge in [-0.15, -0.1) is 0 Å². The molecule has 3 N–H and O–H groups in total. The Bertz CT molecular complexity index is 1260. The monoisotopic (exact) mass is 437 g/mol. The number of anilines is 2. The highest BCUT2D eigenvalue weighted by atomic mass is 35.5. The van der Waals surface area contributed by atoms with Crippen molar-refractivity contribution in [1.29, 1.82) is 0 Å². The average molecular weight is 438 g/mol. The maximum atomic E-state index is 11.6. The van der Waals surface area contributed by atoms with Gasteiger partial charge in [0.15, 0.2) is 0 Å². The van der Waals surface area contributed by atoms with E-state index < -0.39 is 11.9 Å². The zero-order valence-electron chi connectivity index (χ0n) is 16.2. The van der Waals surface area contributed by atoms with Crippen molar-refractivity contribution in [3.05, 3.63) is 72.1 Å². The van der Waals surface area contributed by atoms with Gasteiger partial charge in [-0.1, -0.05) is 0 Å². The van der Waals surface area contributed by atoms with E-state index in [0.29, 0.717) is 23.0 Å². The van der Waals surface area contributed by atoms with E-state index in [9.17, 15) is 9.59 Å². The molecule has 2 aromatic carbocycles. The van der Waals surface area contributed by atoms with Crippen LogP contribution in [0, 0.1) is 0 Å². The van der Waals surface area contributed by atoms with Crippen LogP contribution in [0.5, 0.6) is 11.5 Å². The molecule has 0 aliphatic rings. The zero-order chi connectivity index (χ0) is 21.8. The molecule has 0 aliphatic heterocycles. The van der Waals surface area contributed by atoms with Gasteiger partial charge in [0.1, 0.15) is 17.2 Å². The molecule has 0 radical (unpaired) electrons. The predicted octanol–water partition coefficient (Wildman–Crippen LogP) is 4.16. The number of pyridine rings is 1. The van der Waals surface area contributed by atoms with Crippen molar-refractivity contribution < 1.29 is 19.1 Å². The summed E-state index contributed by atoms with van der Waals surface area (Å²) in [7, 11) is 1.34. The third kappa shape index (κ3) is 4.57. The van der Waals surface area contributed by atoms with Crippen LogP contribution in [0.15, 0.2) is 60.8 Å². The van der Waals surface area contributed by atoms with Gasteiger partial charge in [0, 0.05) is 35.8 Å². The maximum Gasteiger partial charge on any atom is 0.337 e. The molecule has 0 unspecified atom stereocenters. The van der Waals surface area contributed by atoms with Crippen molar-refractivity contribution >= 4 is 46.3 Å². The summed E-state index contributed by atoms with van der Waals surface area (Å²) in [5.74, 6) is 0.601. The molecule has 2 heterocycles. The lowest BCUT2D eigenvalue weighted by atomic mass is 10.2. The minimum absolute atomic E-state index is 0.139. The number of nitrogens with one attached hydrogen (secondary N) is 3. The van der Waals surface area contributed by atoms with E-state index in [0.717, 1.165) is 16.7 Å². The second-order valence-electron chi connectivity index (χ2n) is 6.36. The number of imidazole rings is 1. The Morgan fingerprint density at radius 3 is 2.55 bits per heavy atom. The Labute approximate surface area is 181 Å². The van der Waals surface area contributed by atoms with Crippen molar-refractivity contribution in [2.75, 3.05) is 12.4 Å². The van der Waals surface area contributed by atoms with Crippen molar-refractivity contribution in [2.45, 2.75) is 0 Å².